The Bertz CT molecular complexity index is 1950. The van der Waals surface area contributed by atoms with Crippen LogP contribution in [0.25, 0.3) is 0 Å². The number of benzene rings is 2. The van der Waals surface area contributed by atoms with E-state index in [0.717, 1.165) is 30.0 Å². The minimum atomic E-state index is -6.41. The number of thioether (sulfide) groups is 1. The summed E-state index contributed by atoms with van der Waals surface area (Å²) >= 11 is 1.88. The number of nitriles is 1. The predicted octanol–water partition coefficient (Wildman–Crippen LogP) is 7.50. The molecule has 2 aromatic carbocycles. The fourth-order valence-corrected chi connectivity index (χ4v) is 8.31. The highest BCUT2D eigenvalue weighted by molar-refractivity contribution is 8.01. The number of likely N-dealkylation sites (N-methyl/N-ethyl adjacent to an activating group) is 1. The van der Waals surface area contributed by atoms with E-state index < -0.39 is 50.1 Å². The SMILES string of the molecule is CCCC(CC(C)C#N)c1ccc(S(=O)(=O)C2C(=O)OC(C(F)(F)F)(C(F)(F)F)OC2=O)cc1.CN(C)C1=CC2Sc3cc(N(C)C)ccc3N=C2C=C1. The van der Waals surface area contributed by atoms with Crippen LogP contribution in [0.2, 0.25) is 0 Å². The van der Waals surface area contributed by atoms with Crippen LogP contribution in [-0.2, 0) is 28.9 Å². The third-order valence-corrected chi connectivity index (χ3v) is 11.8. The van der Waals surface area contributed by atoms with Crippen LogP contribution >= 0.6 is 11.8 Å². The average molecular weight is 801 g/mol. The van der Waals surface area contributed by atoms with Crippen molar-refractivity contribution in [3.8, 4) is 6.07 Å². The maximum absolute atomic E-state index is 13.0. The van der Waals surface area contributed by atoms with Crippen molar-refractivity contribution in [2.45, 2.75) is 77.5 Å². The summed E-state index contributed by atoms with van der Waals surface area (Å²) in [6, 6.07) is 13.1. The summed E-state index contributed by atoms with van der Waals surface area (Å²) in [6.45, 7) is 3.59. The molecule has 292 valence electrons. The van der Waals surface area contributed by atoms with E-state index in [9.17, 15) is 44.3 Å². The smallest absolute Gasteiger partial charge is 0.405 e. The number of nitrogens with zero attached hydrogens (tertiary/aromatic N) is 4. The number of carbonyl (C=O) groups is 2. The van der Waals surface area contributed by atoms with Crippen LogP contribution in [-0.4, -0.2) is 87.8 Å². The fraction of sp³-hybridized carbons (Fsp3) is 0.444. The van der Waals surface area contributed by atoms with Gasteiger partial charge in [0.1, 0.15) is 0 Å². The lowest BCUT2D eigenvalue weighted by atomic mass is 9.87. The highest BCUT2D eigenvalue weighted by Crippen LogP contribution is 2.49. The van der Waals surface area contributed by atoms with Gasteiger partial charge in [0.2, 0.25) is 9.84 Å². The van der Waals surface area contributed by atoms with Crippen LogP contribution in [0.4, 0.5) is 37.7 Å². The van der Waals surface area contributed by atoms with E-state index in [0.29, 0.717) is 23.7 Å². The van der Waals surface area contributed by atoms with Crippen LogP contribution in [0, 0.1) is 17.2 Å². The monoisotopic (exact) mass is 800 g/mol. The zero-order valence-corrected chi connectivity index (χ0v) is 31.7. The van der Waals surface area contributed by atoms with Gasteiger partial charge in [-0.05, 0) is 79.8 Å². The summed E-state index contributed by atoms with van der Waals surface area (Å²) in [5, 5.41) is 6.26. The summed E-state index contributed by atoms with van der Waals surface area (Å²) in [6.07, 6.45) is -4.43. The third-order valence-electron chi connectivity index (χ3n) is 8.67. The molecule has 0 saturated carbocycles. The second-order valence-electron chi connectivity index (χ2n) is 13.1. The Morgan fingerprint density at radius 2 is 1.54 bits per heavy atom. The largest absolute Gasteiger partial charge is 0.478 e. The van der Waals surface area contributed by atoms with E-state index in [2.05, 4.69) is 90.0 Å². The molecule has 0 N–H and O–H groups in total. The zero-order chi connectivity index (χ0) is 40.4. The van der Waals surface area contributed by atoms with Gasteiger partial charge in [-0.3, -0.25) is 4.99 Å². The molecule has 0 amide bonds. The molecule has 0 spiro atoms. The van der Waals surface area contributed by atoms with E-state index in [-0.39, 0.29) is 11.8 Å². The number of anilines is 1. The molecule has 0 aromatic heterocycles. The van der Waals surface area contributed by atoms with Gasteiger partial charge < -0.3 is 19.3 Å². The summed E-state index contributed by atoms with van der Waals surface area (Å²) in [5.74, 6) is -11.2. The fourth-order valence-electron chi connectivity index (χ4n) is 5.77. The van der Waals surface area contributed by atoms with Gasteiger partial charge in [-0.2, -0.15) is 31.6 Å². The van der Waals surface area contributed by atoms with E-state index in [1.807, 2.05) is 18.7 Å². The minimum Gasteiger partial charge on any atom is -0.405 e. The minimum absolute atomic E-state index is 0.139. The first-order valence-electron chi connectivity index (χ1n) is 16.5. The van der Waals surface area contributed by atoms with Crippen molar-refractivity contribution in [3.05, 3.63) is 72.0 Å². The number of rotatable bonds is 9. The number of hydrogen-bond acceptors (Lipinski definition) is 11. The predicted molar refractivity (Wildman–Crippen MR) is 190 cm³/mol. The molecule has 3 aliphatic rings. The maximum Gasteiger partial charge on any atom is 0.478 e. The quantitative estimate of drug-likeness (QED) is 0.143. The summed E-state index contributed by atoms with van der Waals surface area (Å²) < 4.78 is 111. The van der Waals surface area contributed by atoms with Gasteiger partial charge in [-0.1, -0.05) is 25.5 Å². The van der Waals surface area contributed by atoms with Crippen LogP contribution in [0.15, 0.2) is 81.2 Å². The van der Waals surface area contributed by atoms with Crippen molar-refractivity contribution in [2.24, 2.45) is 10.9 Å². The molecule has 10 nitrogen and oxygen atoms in total. The molecular weight excluding hydrogens is 763 g/mol. The van der Waals surface area contributed by atoms with E-state index in [4.69, 9.17) is 10.3 Å². The van der Waals surface area contributed by atoms with Crippen LogP contribution in [0.5, 0.6) is 0 Å². The standard InChI is InChI=1S/C20H19F6NO6S.C16H19N3S/c1-3-4-13(9-11(2)10-27)12-5-7-14(8-6-12)34(30,31)15-16(28)32-18(19(21,22)23,20(24,25)26)33-17(15)29;1-18(2)11-5-7-13-15(9-11)20-16-10-12(19(3)4)6-8-14(16)17-13/h5-8,11,13,15H,3-4,9H2,1-2H3;5-10,15H,1-4H3. The molecule has 2 heterocycles. The van der Waals surface area contributed by atoms with Gasteiger partial charge in [0.15, 0.2) is 0 Å². The van der Waals surface area contributed by atoms with E-state index >= 15 is 0 Å². The van der Waals surface area contributed by atoms with Gasteiger partial charge >= 0.3 is 30.1 Å². The molecule has 2 aromatic rings. The summed E-state index contributed by atoms with van der Waals surface area (Å²) in [4.78, 5) is 33.6. The van der Waals surface area contributed by atoms with Crippen molar-refractivity contribution in [1.29, 1.82) is 5.26 Å². The van der Waals surface area contributed by atoms with Crippen molar-refractivity contribution in [1.82, 2.24) is 4.90 Å². The lowest BCUT2D eigenvalue weighted by Crippen LogP contribution is -2.68. The van der Waals surface area contributed by atoms with Gasteiger partial charge in [-0.15, -0.1) is 11.8 Å². The highest BCUT2D eigenvalue weighted by Gasteiger charge is 2.81. The number of sulfone groups is 1. The second kappa shape index (κ2) is 16.1. The Morgan fingerprint density at radius 3 is 2.04 bits per heavy atom. The number of ether oxygens (including phenoxy) is 2. The first-order chi connectivity index (χ1) is 25.1. The number of halogens is 6. The number of allylic oxidation sites excluding steroid dienone is 2. The Balaban J connectivity index is 0.000000273. The molecular formula is C36H38F6N4O6S2. The van der Waals surface area contributed by atoms with Gasteiger partial charge in [0.25, 0.3) is 5.25 Å². The Morgan fingerprint density at radius 1 is 0.944 bits per heavy atom. The maximum atomic E-state index is 13.0. The molecule has 54 heavy (non-hydrogen) atoms. The van der Waals surface area contributed by atoms with Gasteiger partial charge in [0.05, 0.1) is 27.6 Å². The third kappa shape index (κ3) is 8.72. The number of alkyl halides is 6. The number of cyclic esters (lactones) is 2. The zero-order valence-electron chi connectivity index (χ0n) is 30.0. The molecule has 1 aliphatic carbocycles. The number of esters is 2. The Kier molecular flexibility index (Phi) is 12.6. The number of fused-ring (bicyclic) bond motifs is 2. The molecule has 5 rings (SSSR count). The lowest BCUT2D eigenvalue weighted by molar-refractivity contribution is -0.448. The number of hydrogen-bond donors (Lipinski definition) is 0. The first-order valence-corrected chi connectivity index (χ1v) is 18.9. The van der Waals surface area contributed by atoms with Crippen molar-refractivity contribution < 1.29 is 53.8 Å². The second-order valence-corrected chi connectivity index (χ2v) is 16.4. The topological polar surface area (TPSA) is 129 Å². The van der Waals surface area contributed by atoms with Crippen LogP contribution in [0.3, 0.4) is 0 Å². The lowest BCUT2D eigenvalue weighted by Gasteiger charge is -2.39. The molecule has 0 radical (unpaired) electrons. The Labute approximate surface area is 313 Å². The highest BCUT2D eigenvalue weighted by atomic mass is 32.2. The molecule has 2 aliphatic heterocycles. The molecule has 3 atom stereocenters. The van der Waals surface area contributed by atoms with Gasteiger partial charge in [-0.25, -0.2) is 18.0 Å². The summed E-state index contributed by atoms with van der Waals surface area (Å²) in [5.41, 5.74) is 5.31. The van der Waals surface area contributed by atoms with E-state index in [1.165, 1.54) is 28.4 Å². The van der Waals surface area contributed by atoms with Gasteiger partial charge in [0, 0.05) is 50.4 Å². The van der Waals surface area contributed by atoms with Crippen LogP contribution in [0.1, 0.15) is 44.6 Å². The first kappa shape index (κ1) is 42.2. The molecule has 0 bridgehead atoms. The van der Waals surface area contributed by atoms with Crippen molar-refractivity contribution in [2.75, 3.05) is 33.1 Å². The van der Waals surface area contributed by atoms with E-state index in [1.54, 1.807) is 6.92 Å². The molecule has 1 fully saturated rings. The van der Waals surface area contributed by atoms with Crippen molar-refractivity contribution in [3.63, 3.8) is 0 Å². The normalized spacial score (nSPS) is 19.3. The molecule has 18 heteroatoms. The average Bonchev–Trinajstić information content (AvgIpc) is 3.08. The van der Waals surface area contributed by atoms with Crippen LogP contribution < -0.4 is 4.90 Å². The molecule has 3 unspecified atom stereocenters. The number of carbonyl (C=O) groups excluding carboxylic acids is 2. The summed E-state index contributed by atoms with van der Waals surface area (Å²) in [7, 11) is 3.16. The number of aliphatic imine (C=N–C) groups is 1. The Hall–Kier alpha value is -4.50. The molecule has 1 saturated heterocycles. The van der Waals surface area contributed by atoms with Crippen molar-refractivity contribution >= 4 is 50.6 Å².